The zero-order valence-electron chi connectivity index (χ0n) is 19.8. The van der Waals surface area contributed by atoms with Crippen molar-refractivity contribution in [2.24, 2.45) is 0 Å². The van der Waals surface area contributed by atoms with Gasteiger partial charge in [0, 0.05) is 25.4 Å². The number of carbonyl (C=O) groups is 3. The molecule has 0 unspecified atom stereocenters. The first-order chi connectivity index (χ1) is 16.4. The molecule has 1 fully saturated rings. The summed E-state index contributed by atoms with van der Waals surface area (Å²) in [7, 11) is 1.56. The van der Waals surface area contributed by atoms with Gasteiger partial charge >= 0.3 is 12.1 Å². The van der Waals surface area contributed by atoms with Crippen molar-refractivity contribution in [3.05, 3.63) is 59.7 Å². The molecule has 34 heavy (non-hydrogen) atoms. The van der Waals surface area contributed by atoms with Crippen molar-refractivity contribution in [2.45, 2.75) is 62.9 Å². The smallest absolute Gasteiger partial charge is 0.407 e. The third kappa shape index (κ3) is 4.39. The van der Waals surface area contributed by atoms with Gasteiger partial charge in [0.2, 0.25) is 5.91 Å². The molecule has 4 rings (SSSR count). The van der Waals surface area contributed by atoms with E-state index in [2.05, 4.69) is 29.6 Å². The number of hydrogen-bond donors (Lipinski definition) is 2. The molecule has 1 atom stereocenters. The van der Waals surface area contributed by atoms with Crippen LogP contribution in [0.2, 0.25) is 0 Å². The minimum Gasteiger partial charge on any atom is -0.479 e. The number of alkyl carbamates (subject to hydrolysis) is 1. The Morgan fingerprint density at radius 2 is 1.62 bits per heavy atom. The second-order valence-electron chi connectivity index (χ2n) is 9.28. The Kier molecular flexibility index (Phi) is 6.91. The zero-order valence-corrected chi connectivity index (χ0v) is 19.8. The van der Waals surface area contributed by atoms with E-state index in [1.165, 1.54) is 4.90 Å². The van der Waals surface area contributed by atoms with Crippen molar-refractivity contribution in [1.29, 1.82) is 0 Å². The van der Waals surface area contributed by atoms with Crippen LogP contribution in [0.5, 0.6) is 0 Å². The highest BCUT2D eigenvalue weighted by molar-refractivity contribution is 5.87. The summed E-state index contributed by atoms with van der Waals surface area (Å²) in [5.74, 6) is -1.28. The molecule has 0 saturated heterocycles. The van der Waals surface area contributed by atoms with Gasteiger partial charge in [-0.1, -0.05) is 68.3 Å². The Balaban J connectivity index is 1.36. The van der Waals surface area contributed by atoms with E-state index in [4.69, 9.17) is 4.74 Å². The van der Waals surface area contributed by atoms with E-state index in [-0.39, 0.29) is 24.9 Å². The maximum atomic E-state index is 12.9. The first kappa shape index (κ1) is 23.8. The van der Waals surface area contributed by atoms with E-state index in [9.17, 15) is 19.5 Å². The Bertz CT molecular complexity index is 1030. The van der Waals surface area contributed by atoms with Gasteiger partial charge in [0.05, 0.1) is 0 Å². The van der Waals surface area contributed by atoms with E-state index in [1.807, 2.05) is 31.2 Å². The third-order valence-corrected chi connectivity index (χ3v) is 7.42. The number of benzene rings is 2. The highest BCUT2D eigenvalue weighted by atomic mass is 16.5. The van der Waals surface area contributed by atoms with E-state index in [0.717, 1.165) is 35.1 Å². The monoisotopic (exact) mass is 464 g/mol. The lowest BCUT2D eigenvalue weighted by atomic mass is 9.94. The van der Waals surface area contributed by atoms with Gasteiger partial charge in [-0.3, -0.25) is 4.79 Å². The summed E-state index contributed by atoms with van der Waals surface area (Å²) in [6.07, 6.45) is 2.49. The molecule has 180 valence electrons. The Hall–Kier alpha value is -3.35. The molecule has 0 spiro atoms. The largest absolute Gasteiger partial charge is 0.479 e. The number of amides is 2. The van der Waals surface area contributed by atoms with Crippen molar-refractivity contribution in [2.75, 3.05) is 13.7 Å². The molecular weight excluding hydrogens is 432 g/mol. The third-order valence-electron chi connectivity index (χ3n) is 7.42. The molecule has 0 aliphatic heterocycles. The minimum absolute atomic E-state index is 0.0340. The van der Waals surface area contributed by atoms with Crippen LogP contribution >= 0.6 is 0 Å². The summed E-state index contributed by atoms with van der Waals surface area (Å²) in [5.41, 5.74) is 3.45. The van der Waals surface area contributed by atoms with Crippen molar-refractivity contribution in [3.63, 3.8) is 0 Å². The lowest BCUT2D eigenvalue weighted by molar-refractivity contribution is -0.157. The lowest BCUT2D eigenvalue weighted by Gasteiger charge is -2.35. The van der Waals surface area contributed by atoms with Crippen LogP contribution < -0.4 is 5.32 Å². The summed E-state index contributed by atoms with van der Waals surface area (Å²) < 4.78 is 5.60. The molecular formula is C27H32N2O5. The molecule has 2 aromatic carbocycles. The SMILES string of the molecule is CC[C@H](CC(=O)N(C)C1(C(=O)O)CCCC1)NC(=O)OCC1c2ccccc2-c2ccccc21. The average Bonchev–Trinajstić information content (AvgIpc) is 3.46. The summed E-state index contributed by atoms with van der Waals surface area (Å²) >= 11 is 0. The molecule has 0 aromatic heterocycles. The molecule has 2 N–H and O–H groups in total. The fraction of sp³-hybridized carbons (Fsp3) is 0.444. The van der Waals surface area contributed by atoms with Gasteiger partial charge in [0.1, 0.15) is 12.1 Å². The van der Waals surface area contributed by atoms with Crippen LogP contribution in [0.4, 0.5) is 4.79 Å². The van der Waals surface area contributed by atoms with Crippen LogP contribution in [0.25, 0.3) is 11.1 Å². The van der Waals surface area contributed by atoms with Crippen molar-refractivity contribution in [1.82, 2.24) is 10.2 Å². The van der Waals surface area contributed by atoms with Crippen LogP contribution in [0.15, 0.2) is 48.5 Å². The number of carbonyl (C=O) groups excluding carboxylic acids is 2. The minimum atomic E-state index is -1.14. The van der Waals surface area contributed by atoms with Gasteiger partial charge in [0.15, 0.2) is 0 Å². The van der Waals surface area contributed by atoms with E-state index < -0.39 is 23.6 Å². The van der Waals surface area contributed by atoms with Crippen LogP contribution in [0, 0.1) is 0 Å². The fourth-order valence-electron chi connectivity index (χ4n) is 5.34. The molecule has 2 aromatic rings. The number of nitrogens with one attached hydrogen (secondary N) is 1. The fourth-order valence-corrected chi connectivity index (χ4v) is 5.34. The first-order valence-electron chi connectivity index (χ1n) is 12.0. The number of aliphatic carboxylic acids is 1. The molecule has 0 radical (unpaired) electrons. The van der Waals surface area contributed by atoms with E-state index in [0.29, 0.717) is 19.3 Å². The highest BCUT2D eigenvalue weighted by Gasteiger charge is 2.47. The van der Waals surface area contributed by atoms with Crippen LogP contribution in [-0.2, 0) is 14.3 Å². The lowest BCUT2D eigenvalue weighted by Crippen LogP contribution is -2.54. The summed E-state index contributed by atoms with van der Waals surface area (Å²) in [6.45, 7) is 2.08. The van der Waals surface area contributed by atoms with E-state index in [1.54, 1.807) is 7.05 Å². The quantitative estimate of drug-likeness (QED) is 0.598. The van der Waals surface area contributed by atoms with Crippen molar-refractivity contribution in [3.8, 4) is 11.1 Å². The summed E-state index contributed by atoms with van der Waals surface area (Å²) in [6, 6.07) is 15.8. The molecule has 2 aliphatic rings. The van der Waals surface area contributed by atoms with Gasteiger partial charge < -0.3 is 20.1 Å². The van der Waals surface area contributed by atoms with Gasteiger partial charge in [0.25, 0.3) is 0 Å². The first-order valence-corrected chi connectivity index (χ1v) is 12.0. The Labute approximate surface area is 200 Å². The number of carboxylic acid groups (broad SMARTS) is 1. The average molecular weight is 465 g/mol. The number of rotatable bonds is 8. The van der Waals surface area contributed by atoms with E-state index >= 15 is 0 Å². The molecule has 7 heteroatoms. The number of carboxylic acids is 1. The number of nitrogens with zero attached hydrogens (tertiary/aromatic N) is 1. The van der Waals surface area contributed by atoms with Crippen LogP contribution in [-0.4, -0.2) is 53.2 Å². The normalized spacial score (nSPS) is 16.9. The number of hydrogen-bond acceptors (Lipinski definition) is 4. The maximum absolute atomic E-state index is 12.9. The standard InChI is InChI=1S/C27H32N2O5/c1-3-18(16-24(30)29(2)27(25(31)32)14-8-9-15-27)28-26(33)34-17-23-21-12-6-4-10-19(21)20-11-5-7-13-22(20)23/h4-7,10-13,18,23H,3,8-9,14-17H2,1-2H3,(H,28,33)(H,31,32)/t18-/m1/s1. The summed E-state index contributed by atoms with van der Waals surface area (Å²) in [4.78, 5) is 38.8. The van der Waals surface area contributed by atoms with Crippen molar-refractivity contribution >= 4 is 18.0 Å². The van der Waals surface area contributed by atoms with Crippen molar-refractivity contribution < 1.29 is 24.2 Å². The molecule has 2 amide bonds. The van der Waals surface area contributed by atoms with Gasteiger partial charge in [-0.2, -0.15) is 0 Å². The predicted octanol–water partition coefficient (Wildman–Crippen LogP) is 4.55. The number of likely N-dealkylation sites (N-methyl/N-ethyl adjacent to an activating group) is 1. The summed E-state index contributed by atoms with van der Waals surface area (Å²) in [5, 5.41) is 12.6. The molecule has 0 heterocycles. The Morgan fingerprint density at radius 3 is 2.15 bits per heavy atom. The molecule has 0 bridgehead atoms. The molecule has 7 nitrogen and oxygen atoms in total. The number of fused-ring (bicyclic) bond motifs is 3. The number of ether oxygens (including phenoxy) is 1. The van der Waals surface area contributed by atoms with Gasteiger partial charge in [-0.25, -0.2) is 9.59 Å². The molecule has 2 aliphatic carbocycles. The van der Waals surface area contributed by atoms with Gasteiger partial charge in [-0.05, 0) is 41.5 Å². The zero-order chi connectivity index (χ0) is 24.3. The predicted molar refractivity (Wildman–Crippen MR) is 129 cm³/mol. The topological polar surface area (TPSA) is 95.9 Å². The highest BCUT2D eigenvalue weighted by Crippen LogP contribution is 2.44. The second kappa shape index (κ2) is 9.87. The van der Waals surface area contributed by atoms with Crippen LogP contribution in [0.1, 0.15) is 62.5 Å². The Morgan fingerprint density at radius 1 is 1.06 bits per heavy atom. The maximum Gasteiger partial charge on any atom is 0.407 e. The molecule has 1 saturated carbocycles. The van der Waals surface area contributed by atoms with Gasteiger partial charge in [-0.15, -0.1) is 0 Å². The second-order valence-corrected chi connectivity index (χ2v) is 9.28. The van der Waals surface area contributed by atoms with Crippen LogP contribution in [0.3, 0.4) is 0 Å².